The van der Waals surface area contributed by atoms with Crippen molar-refractivity contribution in [3.05, 3.63) is 59.9 Å². The van der Waals surface area contributed by atoms with E-state index in [9.17, 15) is 0 Å². The highest BCUT2D eigenvalue weighted by Gasteiger charge is 2.29. The van der Waals surface area contributed by atoms with Gasteiger partial charge in [0.15, 0.2) is 0 Å². The summed E-state index contributed by atoms with van der Waals surface area (Å²) in [5, 5.41) is 0. The second-order valence-electron chi connectivity index (χ2n) is 8.71. The summed E-state index contributed by atoms with van der Waals surface area (Å²) >= 11 is 0. The summed E-state index contributed by atoms with van der Waals surface area (Å²) in [6.45, 7) is 8.49. The lowest BCUT2D eigenvalue weighted by Crippen LogP contribution is -2.10. The van der Waals surface area contributed by atoms with Crippen LogP contribution in [0.25, 0.3) is 11.0 Å². The highest BCUT2D eigenvalue weighted by Crippen LogP contribution is 2.40. The van der Waals surface area contributed by atoms with E-state index in [1.54, 1.807) is 0 Å². The molecule has 1 saturated carbocycles. The molecular weight excluding hydrogens is 332 g/mol. The third kappa shape index (κ3) is 4.18. The van der Waals surface area contributed by atoms with Crippen molar-refractivity contribution in [3.8, 4) is 5.75 Å². The SMILES string of the molecule is CC(C)(C)c1ccc(OCCCCn2c(C3CC3)nc3ccccc32)cc1. The van der Waals surface area contributed by atoms with Crippen LogP contribution in [0.2, 0.25) is 0 Å². The van der Waals surface area contributed by atoms with Crippen LogP contribution in [-0.4, -0.2) is 16.2 Å². The largest absolute Gasteiger partial charge is 0.494 e. The van der Waals surface area contributed by atoms with Crippen molar-refractivity contribution in [1.82, 2.24) is 9.55 Å². The van der Waals surface area contributed by atoms with Gasteiger partial charge in [0.2, 0.25) is 0 Å². The molecule has 0 saturated heterocycles. The minimum absolute atomic E-state index is 0.186. The number of aryl methyl sites for hydroxylation is 1. The zero-order chi connectivity index (χ0) is 18.9. The average Bonchev–Trinajstić information content (AvgIpc) is 3.43. The highest BCUT2D eigenvalue weighted by atomic mass is 16.5. The van der Waals surface area contributed by atoms with Crippen LogP contribution in [0.15, 0.2) is 48.5 Å². The summed E-state index contributed by atoms with van der Waals surface area (Å²) in [5.74, 6) is 2.93. The van der Waals surface area contributed by atoms with Crippen LogP contribution in [-0.2, 0) is 12.0 Å². The van der Waals surface area contributed by atoms with Crippen LogP contribution in [0.5, 0.6) is 5.75 Å². The van der Waals surface area contributed by atoms with E-state index in [1.165, 1.54) is 29.7 Å². The van der Waals surface area contributed by atoms with E-state index in [0.717, 1.165) is 37.3 Å². The number of hydrogen-bond acceptors (Lipinski definition) is 2. The third-order valence-electron chi connectivity index (χ3n) is 5.39. The predicted octanol–water partition coefficient (Wildman–Crippen LogP) is 6.07. The number of aromatic nitrogens is 2. The molecule has 3 nitrogen and oxygen atoms in total. The maximum atomic E-state index is 5.95. The van der Waals surface area contributed by atoms with Crippen molar-refractivity contribution in [2.24, 2.45) is 0 Å². The summed E-state index contributed by atoms with van der Waals surface area (Å²) in [6, 6.07) is 17.0. The molecule has 0 unspecified atom stereocenters. The monoisotopic (exact) mass is 362 g/mol. The molecule has 3 aromatic rings. The molecule has 0 atom stereocenters. The molecule has 0 bridgehead atoms. The lowest BCUT2D eigenvalue weighted by Gasteiger charge is -2.19. The van der Waals surface area contributed by atoms with Crippen LogP contribution < -0.4 is 4.74 Å². The van der Waals surface area contributed by atoms with Gasteiger partial charge in [-0.1, -0.05) is 45.0 Å². The first-order chi connectivity index (χ1) is 13.0. The van der Waals surface area contributed by atoms with E-state index < -0.39 is 0 Å². The normalized spacial score (nSPS) is 14.6. The van der Waals surface area contributed by atoms with Gasteiger partial charge in [0, 0.05) is 12.5 Å². The van der Waals surface area contributed by atoms with Gasteiger partial charge in [0.25, 0.3) is 0 Å². The Bertz CT molecular complexity index is 898. The first-order valence-corrected chi connectivity index (χ1v) is 10.2. The number of hydrogen-bond donors (Lipinski definition) is 0. The van der Waals surface area contributed by atoms with Crippen molar-refractivity contribution in [1.29, 1.82) is 0 Å². The lowest BCUT2D eigenvalue weighted by molar-refractivity contribution is 0.303. The Hall–Kier alpha value is -2.29. The zero-order valence-electron chi connectivity index (χ0n) is 16.7. The third-order valence-corrected chi connectivity index (χ3v) is 5.39. The zero-order valence-corrected chi connectivity index (χ0v) is 16.7. The van der Waals surface area contributed by atoms with Gasteiger partial charge in [-0.3, -0.25) is 0 Å². The first kappa shape index (κ1) is 18.1. The number of rotatable bonds is 7. The number of fused-ring (bicyclic) bond motifs is 1. The molecule has 0 N–H and O–H groups in total. The smallest absolute Gasteiger partial charge is 0.119 e. The van der Waals surface area contributed by atoms with Gasteiger partial charge >= 0.3 is 0 Å². The quantitative estimate of drug-likeness (QED) is 0.477. The Morgan fingerprint density at radius 2 is 1.74 bits per heavy atom. The number of ether oxygens (including phenoxy) is 1. The van der Waals surface area contributed by atoms with Crippen LogP contribution >= 0.6 is 0 Å². The molecule has 142 valence electrons. The molecule has 0 radical (unpaired) electrons. The number of benzene rings is 2. The van der Waals surface area contributed by atoms with Crippen molar-refractivity contribution in [2.45, 2.75) is 64.3 Å². The second kappa shape index (κ2) is 7.38. The standard InChI is InChI=1S/C24H30N2O/c1-24(2,3)19-12-14-20(15-13-19)27-17-7-6-16-26-22-9-5-4-8-21(22)25-23(26)18-10-11-18/h4-5,8-9,12-15,18H,6-7,10-11,16-17H2,1-3H3. The summed E-state index contributed by atoms with van der Waals surface area (Å²) in [5.41, 5.74) is 3.94. The first-order valence-electron chi connectivity index (χ1n) is 10.2. The maximum absolute atomic E-state index is 5.95. The molecule has 1 heterocycles. The Labute approximate surface area is 162 Å². The fraction of sp³-hybridized carbons (Fsp3) is 0.458. The lowest BCUT2D eigenvalue weighted by atomic mass is 9.87. The van der Waals surface area contributed by atoms with E-state index in [2.05, 4.69) is 73.9 Å². The molecule has 0 spiro atoms. The van der Waals surface area contributed by atoms with Crippen LogP contribution in [0.1, 0.15) is 63.8 Å². The van der Waals surface area contributed by atoms with E-state index in [-0.39, 0.29) is 5.41 Å². The van der Waals surface area contributed by atoms with E-state index in [1.807, 2.05) is 0 Å². The number of unbranched alkanes of at least 4 members (excludes halogenated alkanes) is 1. The van der Waals surface area contributed by atoms with E-state index in [4.69, 9.17) is 9.72 Å². The molecule has 3 heteroatoms. The molecule has 0 aliphatic heterocycles. The molecule has 1 aromatic heterocycles. The molecule has 2 aromatic carbocycles. The van der Waals surface area contributed by atoms with E-state index in [0.29, 0.717) is 5.92 Å². The van der Waals surface area contributed by atoms with Gasteiger partial charge in [-0.25, -0.2) is 4.98 Å². The molecule has 1 fully saturated rings. The Kier molecular flexibility index (Phi) is 4.94. The summed E-state index contributed by atoms with van der Waals surface area (Å²) < 4.78 is 8.38. The van der Waals surface area contributed by atoms with Crippen LogP contribution in [0.4, 0.5) is 0 Å². The van der Waals surface area contributed by atoms with Gasteiger partial charge in [-0.2, -0.15) is 0 Å². The van der Waals surface area contributed by atoms with Gasteiger partial charge in [-0.05, 0) is 60.9 Å². The molecule has 27 heavy (non-hydrogen) atoms. The number of para-hydroxylation sites is 2. The van der Waals surface area contributed by atoms with Crippen molar-refractivity contribution in [2.75, 3.05) is 6.61 Å². The van der Waals surface area contributed by atoms with Crippen molar-refractivity contribution in [3.63, 3.8) is 0 Å². The molecule has 0 amide bonds. The summed E-state index contributed by atoms with van der Waals surface area (Å²) in [4.78, 5) is 4.88. The average molecular weight is 363 g/mol. The Morgan fingerprint density at radius 1 is 1.00 bits per heavy atom. The van der Waals surface area contributed by atoms with E-state index >= 15 is 0 Å². The maximum Gasteiger partial charge on any atom is 0.119 e. The molecule has 4 rings (SSSR count). The molecule has 1 aliphatic rings. The van der Waals surface area contributed by atoms with Crippen molar-refractivity contribution < 1.29 is 4.74 Å². The topological polar surface area (TPSA) is 27.1 Å². The highest BCUT2D eigenvalue weighted by molar-refractivity contribution is 5.76. The van der Waals surface area contributed by atoms with Gasteiger partial charge in [-0.15, -0.1) is 0 Å². The Morgan fingerprint density at radius 3 is 2.44 bits per heavy atom. The summed E-state index contributed by atoms with van der Waals surface area (Å²) in [7, 11) is 0. The van der Waals surface area contributed by atoms with Gasteiger partial charge in [0.05, 0.1) is 17.6 Å². The fourth-order valence-electron chi connectivity index (χ4n) is 3.60. The molecular formula is C24H30N2O. The van der Waals surface area contributed by atoms with Gasteiger partial charge in [0.1, 0.15) is 11.6 Å². The van der Waals surface area contributed by atoms with Crippen molar-refractivity contribution >= 4 is 11.0 Å². The summed E-state index contributed by atoms with van der Waals surface area (Å²) in [6.07, 6.45) is 4.74. The number of imidazole rings is 1. The predicted molar refractivity (Wildman–Crippen MR) is 112 cm³/mol. The molecule has 1 aliphatic carbocycles. The van der Waals surface area contributed by atoms with Gasteiger partial charge < -0.3 is 9.30 Å². The minimum atomic E-state index is 0.186. The Balaban J connectivity index is 1.31. The minimum Gasteiger partial charge on any atom is -0.494 e. The fourth-order valence-corrected chi connectivity index (χ4v) is 3.60. The van der Waals surface area contributed by atoms with Crippen LogP contribution in [0, 0.1) is 0 Å². The van der Waals surface area contributed by atoms with Crippen LogP contribution in [0.3, 0.4) is 0 Å². The number of nitrogens with zero attached hydrogens (tertiary/aromatic N) is 2. The second-order valence-corrected chi connectivity index (χ2v) is 8.71.